The van der Waals surface area contributed by atoms with Gasteiger partial charge in [0.15, 0.2) is 0 Å². The molecule has 0 atom stereocenters. The molecule has 2 rings (SSSR count). The number of nitrogens with one attached hydrogen (secondary N) is 1. The standard InChI is InChI=1S/C11H10Cl2N2O/c1-7-5-11(16)15(14-7)6-8-9(12)3-2-4-10(8)13/h2-5,14H,6H2,1H3. The topological polar surface area (TPSA) is 37.8 Å². The van der Waals surface area contributed by atoms with Crippen LogP contribution in [0, 0.1) is 6.92 Å². The summed E-state index contributed by atoms with van der Waals surface area (Å²) >= 11 is 12.0. The number of hydrogen-bond acceptors (Lipinski definition) is 1. The van der Waals surface area contributed by atoms with Crippen LogP contribution in [0.25, 0.3) is 0 Å². The Hall–Kier alpha value is -1.19. The van der Waals surface area contributed by atoms with Crippen LogP contribution in [-0.2, 0) is 6.54 Å². The van der Waals surface area contributed by atoms with Crippen molar-refractivity contribution in [2.45, 2.75) is 13.5 Å². The van der Waals surface area contributed by atoms with E-state index < -0.39 is 0 Å². The van der Waals surface area contributed by atoms with Gasteiger partial charge in [-0.15, -0.1) is 0 Å². The summed E-state index contributed by atoms with van der Waals surface area (Å²) in [7, 11) is 0. The van der Waals surface area contributed by atoms with Gasteiger partial charge in [0.1, 0.15) is 0 Å². The lowest BCUT2D eigenvalue weighted by Crippen LogP contribution is -2.17. The summed E-state index contributed by atoms with van der Waals surface area (Å²) in [6, 6.07) is 6.81. The number of rotatable bonds is 2. The molecule has 0 unspecified atom stereocenters. The molecule has 84 valence electrons. The zero-order chi connectivity index (χ0) is 11.7. The smallest absolute Gasteiger partial charge is 0.267 e. The zero-order valence-corrected chi connectivity index (χ0v) is 10.1. The predicted octanol–water partition coefficient (Wildman–Crippen LogP) is 2.84. The molecule has 0 aliphatic carbocycles. The minimum atomic E-state index is -0.0894. The van der Waals surface area contributed by atoms with E-state index in [1.54, 1.807) is 18.2 Å². The van der Waals surface area contributed by atoms with E-state index in [0.717, 1.165) is 11.3 Å². The van der Waals surface area contributed by atoms with Crippen molar-refractivity contribution in [2.75, 3.05) is 0 Å². The molecule has 5 heteroatoms. The molecular weight excluding hydrogens is 247 g/mol. The Morgan fingerprint density at radius 3 is 2.44 bits per heavy atom. The molecule has 2 aromatic rings. The minimum absolute atomic E-state index is 0.0894. The van der Waals surface area contributed by atoms with E-state index >= 15 is 0 Å². The lowest BCUT2D eigenvalue weighted by molar-refractivity contribution is 0.658. The van der Waals surface area contributed by atoms with Crippen molar-refractivity contribution in [3.63, 3.8) is 0 Å². The Morgan fingerprint density at radius 1 is 1.31 bits per heavy atom. The number of benzene rings is 1. The van der Waals surface area contributed by atoms with E-state index in [-0.39, 0.29) is 5.56 Å². The molecule has 1 heterocycles. The molecule has 0 aliphatic rings. The van der Waals surface area contributed by atoms with Gasteiger partial charge in [0.25, 0.3) is 5.56 Å². The maximum Gasteiger partial charge on any atom is 0.267 e. The number of aryl methyl sites for hydroxylation is 1. The van der Waals surface area contributed by atoms with E-state index in [1.165, 1.54) is 10.7 Å². The van der Waals surface area contributed by atoms with Gasteiger partial charge < -0.3 is 0 Å². The van der Waals surface area contributed by atoms with E-state index in [4.69, 9.17) is 23.2 Å². The van der Waals surface area contributed by atoms with Crippen molar-refractivity contribution >= 4 is 23.2 Å². The predicted molar refractivity (Wildman–Crippen MR) is 65.4 cm³/mol. The number of aromatic nitrogens is 2. The number of nitrogens with zero attached hydrogens (tertiary/aromatic N) is 1. The molecule has 0 radical (unpaired) electrons. The van der Waals surface area contributed by atoms with Gasteiger partial charge in [0.2, 0.25) is 0 Å². The molecule has 0 saturated carbocycles. The zero-order valence-electron chi connectivity index (χ0n) is 8.63. The maximum absolute atomic E-state index is 11.5. The van der Waals surface area contributed by atoms with Gasteiger partial charge in [0, 0.05) is 27.4 Å². The monoisotopic (exact) mass is 256 g/mol. The van der Waals surface area contributed by atoms with Crippen molar-refractivity contribution in [3.8, 4) is 0 Å². The second-order valence-electron chi connectivity index (χ2n) is 3.56. The normalized spacial score (nSPS) is 10.7. The molecule has 1 aromatic heterocycles. The Labute approximate surface area is 103 Å². The summed E-state index contributed by atoms with van der Waals surface area (Å²) in [5.41, 5.74) is 1.47. The van der Waals surface area contributed by atoms with E-state index in [2.05, 4.69) is 5.10 Å². The minimum Gasteiger partial charge on any atom is -0.300 e. The van der Waals surface area contributed by atoms with E-state index in [9.17, 15) is 4.79 Å². The van der Waals surface area contributed by atoms with Crippen LogP contribution >= 0.6 is 23.2 Å². The van der Waals surface area contributed by atoms with Crippen LogP contribution < -0.4 is 5.56 Å². The lowest BCUT2D eigenvalue weighted by atomic mass is 10.2. The van der Waals surface area contributed by atoms with Crippen LogP contribution in [0.15, 0.2) is 29.1 Å². The summed E-state index contributed by atoms with van der Waals surface area (Å²) in [4.78, 5) is 11.5. The quantitative estimate of drug-likeness (QED) is 0.882. The van der Waals surface area contributed by atoms with Gasteiger partial charge in [-0.1, -0.05) is 29.3 Å². The average molecular weight is 257 g/mol. The van der Waals surface area contributed by atoms with E-state index in [1.807, 2.05) is 6.92 Å². The number of hydrogen-bond donors (Lipinski definition) is 1. The highest BCUT2D eigenvalue weighted by Crippen LogP contribution is 2.24. The fourth-order valence-corrected chi connectivity index (χ4v) is 2.04. The van der Waals surface area contributed by atoms with Crippen LogP contribution in [0.5, 0.6) is 0 Å². The van der Waals surface area contributed by atoms with Crippen LogP contribution in [0.2, 0.25) is 10.0 Å². The first-order valence-corrected chi connectivity index (χ1v) is 5.53. The fourth-order valence-electron chi connectivity index (χ4n) is 1.52. The van der Waals surface area contributed by atoms with Crippen LogP contribution in [-0.4, -0.2) is 9.78 Å². The Balaban J connectivity index is 2.41. The van der Waals surface area contributed by atoms with Gasteiger partial charge >= 0.3 is 0 Å². The highest BCUT2D eigenvalue weighted by Gasteiger charge is 2.08. The second kappa shape index (κ2) is 4.36. The van der Waals surface area contributed by atoms with E-state index in [0.29, 0.717) is 16.6 Å². The Bertz CT molecular complexity index is 551. The molecule has 0 fully saturated rings. The first kappa shape index (κ1) is 11.3. The molecule has 0 bridgehead atoms. The van der Waals surface area contributed by atoms with Crippen LogP contribution in [0.4, 0.5) is 0 Å². The van der Waals surface area contributed by atoms with Gasteiger partial charge in [-0.2, -0.15) is 0 Å². The van der Waals surface area contributed by atoms with Crippen molar-refractivity contribution in [1.29, 1.82) is 0 Å². The third kappa shape index (κ3) is 2.15. The number of H-pyrrole nitrogens is 1. The first-order chi connectivity index (χ1) is 7.58. The van der Waals surface area contributed by atoms with Gasteiger partial charge in [0.05, 0.1) is 6.54 Å². The fraction of sp³-hybridized carbons (Fsp3) is 0.182. The van der Waals surface area contributed by atoms with Crippen LogP contribution in [0.3, 0.4) is 0 Å². The molecule has 16 heavy (non-hydrogen) atoms. The number of halogens is 2. The second-order valence-corrected chi connectivity index (χ2v) is 4.38. The molecule has 0 spiro atoms. The molecule has 1 N–H and O–H groups in total. The van der Waals surface area contributed by atoms with Gasteiger partial charge in [-0.05, 0) is 19.1 Å². The largest absolute Gasteiger partial charge is 0.300 e. The van der Waals surface area contributed by atoms with Gasteiger partial charge in [-0.25, -0.2) is 4.68 Å². The highest BCUT2D eigenvalue weighted by molar-refractivity contribution is 6.35. The Morgan fingerprint density at radius 2 is 1.94 bits per heavy atom. The molecule has 0 saturated heterocycles. The summed E-state index contributed by atoms with van der Waals surface area (Å²) in [6.07, 6.45) is 0. The van der Waals surface area contributed by atoms with Crippen molar-refractivity contribution in [1.82, 2.24) is 9.78 Å². The van der Waals surface area contributed by atoms with Crippen molar-refractivity contribution in [2.24, 2.45) is 0 Å². The summed E-state index contributed by atoms with van der Waals surface area (Å²) in [5, 5.41) is 4.06. The lowest BCUT2D eigenvalue weighted by Gasteiger charge is -2.06. The highest BCUT2D eigenvalue weighted by atomic mass is 35.5. The molecule has 3 nitrogen and oxygen atoms in total. The summed E-state index contributed by atoms with van der Waals surface area (Å²) in [5.74, 6) is 0. The molecule has 1 aromatic carbocycles. The molecule has 0 aliphatic heterocycles. The first-order valence-electron chi connectivity index (χ1n) is 4.77. The van der Waals surface area contributed by atoms with Crippen molar-refractivity contribution < 1.29 is 0 Å². The third-order valence-electron chi connectivity index (χ3n) is 2.30. The summed E-state index contributed by atoms with van der Waals surface area (Å²) < 4.78 is 1.47. The third-order valence-corrected chi connectivity index (χ3v) is 3.00. The van der Waals surface area contributed by atoms with Crippen LogP contribution in [0.1, 0.15) is 11.3 Å². The van der Waals surface area contributed by atoms with Crippen molar-refractivity contribution in [3.05, 3.63) is 55.9 Å². The maximum atomic E-state index is 11.5. The van der Waals surface area contributed by atoms with Gasteiger partial charge in [-0.3, -0.25) is 9.89 Å². The molecule has 0 amide bonds. The summed E-state index contributed by atoms with van der Waals surface area (Å²) in [6.45, 7) is 2.18. The average Bonchev–Trinajstić information content (AvgIpc) is 2.51. The Kier molecular flexibility index (Phi) is 3.08. The molecular formula is C11H10Cl2N2O. The SMILES string of the molecule is Cc1cc(=O)n(Cc2c(Cl)cccc2Cl)[nH]1. The number of aromatic amines is 1.